The first-order valence-electron chi connectivity index (χ1n) is 4.26. The second-order valence-corrected chi connectivity index (χ2v) is 3.65. The van der Waals surface area contributed by atoms with E-state index in [9.17, 15) is 5.11 Å². The SMILES string of the molecule is CCn1ccc(CC(C)(C)O)n1. The van der Waals surface area contributed by atoms with Gasteiger partial charge in [-0.1, -0.05) is 0 Å². The third-order valence-electron chi connectivity index (χ3n) is 1.63. The van der Waals surface area contributed by atoms with Gasteiger partial charge in [0.2, 0.25) is 0 Å². The first-order valence-corrected chi connectivity index (χ1v) is 4.26. The Morgan fingerprint density at radius 3 is 2.67 bits per heavy atom. The van der Waals surface area contributed by atoms with E-state index in [-0.39, 0.29) is 0 Å². The van der Waals surface area contributed by atoms with Crippen LogP contribution in [0.2, 0.25) is 0 Å². The predicted octanol–water partition coefficient (Wildman–Crippen LogP) is 1.22. The standard InChI is InChI=1S/C9H16N2O/c1-4-11-6-5-8(10-11)7-9(2,3)12/h5-6,12H,4,7H2,1-3H3. The molecule has 0 fully saturated rings. The monoisotopic (exact) mass is 168 g/mol. The summed E-state index contributed by atoms with van der Waals surface area (Å²) in [5.41, 5.74) is 0.289. The molecule has 0 unspecified atom stereocenters. The number of rotatable bonds is 3. The molecular formula is C9H16N2O. The first kappa shape index (κ1) is 9.26. The van der Waals surface area contributed by atoms with E-state index in [0.29, 0.717) is 6.42 Å². The fraction of sp³-hybridized carbons (Fsp3) is 0.667. The zero-order chi connectivity index (χ0) is 9.19. The van der Waals surface area contributed by atoms with Crippen molar-refractivity contribution in [3.63, 3.8) is 0 Å². The van der Waals surface area contributed by atoms with Gasteiger partial charge in [-0.15, -0.1) is 0 Å². The minimum absolute atomic E-state index is 0.611. The molecule has 68 valence electrons. The van der Waals surface area contributed by atoms with Crippen LogP contribution in [-0.4, -0.2) is 20.5 Å². The second-order valence-electron chi connectivity index (χ2n) is 3.65. The highest BCUT2D eigenvalue weighted by molar-refractivity contribution is 5.02. The van der Waals surface area contributed by atoms with Crippen LogP contribution in [0.25, 0.3) is 0 Å². The molecule has 0 aliphatic rings. The molecule has 1 aromatic rings. The molecule has 0 aliphatic heterocycles. The maximum absolute atomic E-state index is 9.50. The van der Waals surface area contributed by atoms with Crippen LogP contribution in [0.15, 0.2) is 12.3 Å². The van der Waals surface area contributed by atoms with Gasteiger partial charge in [0.25, 0.3) is 0 Å². The Bertz CT molecular complexity index is 247. The molecule has 0 spiro atoms. The van der Waals surface area contributed by atoms with Crippen molar-refractivity contribution >= 4 is 0 Å². The molecule has 0 saturated heterocycles. The van der Waals surface area contributed by atoms with Crippen LogP contribution < -0.4 is 0 Å². The molecule has 0 bridgehead atoms. The van der Waals surface area contributed by atoms with Crippen LogP contribution >= 0.6 is 0 Å². The van der Waals surface area contributed by atoms with Gasteiger partial charge in [0.1, 0.15) is 0 Å². The largest absolute Gasteiger partial charge is 0.390 e. The van der Waals surface area contributed by atoms with Crippen LogP contribution in [0, 0.1) is 0 Å². The average Bonchev–Trinajstić information content (AvgIpc) is 2.32. The Morgan fingerprint density at radius 1 is 1.58 bits per heavy atom. The van der Waals surface area contributed by atoms with Crippen LogP contribution in [0.5, 0.6) is 0 Å². The highest BCUT2D eigenvalue weighted by atomic mass is 16.3. The number of hydrogen-bond donors (Lipinski definition) is 1. The number of nitrogens with zero attached hydrogens (tertiary/aromatic N) is 2. The van der Waals surface area contributed by atoms with Gasteiger partial charge in [-0.25, -0.2) is 0 Å². The lowest BCUT2D eigenvalue weighted by molar-refractivity contribution is 0.0798. The molecule has 1 rings (SSSR count). The number of aromatic nitrogens is 2. The fourth-order valence-corrected chi connectivity index (χ4v) is 1.12. The average molecular weight is 168 g/mol. The Morgan fingerprint density at radius 2 is 2.25 bits per heavy atom. The molecule has 3 nitrogen and oxygen atoms in total. The minimum Gasteiger partial charge on any atom is -0.390 e. The zero-order valence-corrected chi connectivity index (χ0v) is 7.91. The third-order valence-corrected chi connectivity index (χ3v) is 1.63. The first-order chi connectivity index (χ1) is 5.51. The van der Waals surface area contributed by atoms with Crippen molar-refractivity contribution in [3.05, 3.63) is 18.0 Å². The van der Waals surface area contributed by atoms with Gasteiger partial charge in [-0.05, 0) is 26.8 Å². The summed E-state index contributed by atoms with van der Waals surface area (Å²) in [6.45, 7) is 6.50. The lowest BCUT2D eigenvalue weighted by Gasteiger charge is -2.14. The van der Waals surface area contributed by atoms with E-state index in [4.69, 9.17) is 0 Å². The van der Waals surface area contributed by atoms with Gasteiger partial charge < -0.3 is 5.11 Å². The van der Waals surface area contributed by atoms with Crippen molar-refractivity contribution in [2.75, 3.05) is 0 Å². The van der Waals surface area contributed by atoms with Crippen molar-refractivity contribution in [3.8, 4) is 0 Å². The molecule has 1 aromatic heterocycles. The zero-order valence-electron chi connectivity index (χ0n) is 7.91. The smallest absolute Gasteiger partial charge is 0.0653 e. The predicted molar refractivity (Wildman–Crippen MR) is 47.9 cm³/mol. The van der Waals surface area contributed by atoms with Crippen molar-refractivity contribution in [2.45, 2.75) is 39.3 Å². The molecule has 0 aliphatic carbocycles. The van der Waals surface area contributed by atoms with E-state index in [1.165, 1.54) is 0 Å². The summed E-state index contributed by atoms with van der Waals surface area (Å²) in [5.74, 6) is 0. The normalized spacial score (nSPS) is 12.0. The number of hydrogen-bond acceptors (Lipinski definition) is 2. The molecule has 0 amide bonds. The van der Waals surface area contributed by atoms with E-state index in [0.717, 1.165) is 12.2 Å². The van der Waals surface area contributed by atoms with Crippen LogP contribution in [0.1, 0.15) is 26.5 Å². The fourth-order valence-electron chi connectivity index (χ4n) is 1.12. The Hall–Kier alpha value is -0.830. The second kappa shape index (κ2) is 3.27. The van der Waals surface area contributed by atoms with E-state index in [2.05, 4.69) is 5.10 Å². The quantitative estimate of drug-likeness (QED) is 0.736. The Labute approximate surface area is 73.0 Å². The lowest BCUT2D eigenvalue weighted by atomic mass is 10.0. The molecule has 1 heterocycles. The highest BCUT2D eigenvalue weighted by Gasteiger charge is 2.14. The van der Waals surface area contributed by atoms with E-state index >= 15 is 0 Å². The molecule has 0 aromatic carbocycles. The summed E-state index contributed by atoms with van der Waals surface area (Å²) < 4.78 is 1.86. The van der Waals surface area contributed by atoms with Crippen LogP contribution in [-0.2, 0) is 13.0 Å². The van der Waals surface area contributed by atoms with Crippen molar-refractivity contribution in [2.24, 2.45) is 0 Å². The van der Waals surface area contributed by atoms with Gasteiger partial charge in [-0.2, -0.15) is 5.10 Å². The van der Waals surface area contributed by atoms with E-state index in [1.807, 2.05) is 23.9 Å². The van der Waals surface area contributed by atoms with E-state index in [1.54, 1.807) is 13.8 Å². The summed E-state index contributed by atoms with van der Waals surface area (Å²) in [7, 11) is 0. The highest BCUT2D eigenvalue weighted by Crippen LogP contribution is 2.09. The topological polar surface area (TPSA) is 38.0 Å². The summed E-state index contributed by atoms with van der Waals surface area (Å²) in [6, 6.07) is 1.95. The minimum atomic E-state index is -0.660. The van der Waals surface area contributed by atoms with Crippen molar-refractivity contribution < 1.29 is 5.11 Å². The maximum atomic E-state index is 9.50. The van der Waals surface area contributed by atoms with Crippen molar-refractivity contribution in [1.29, 1.82) is 0 Å². The molecule has 0 saturated carbocycles. The van der Waals surface area contributed by atoms with Gasteiger partial charge in [-0.3, -0.25) is 4.68 Å². The van der Waals surface area contributed by atoms with Crippen LogP contribution in [0.3, 0.4) is 0 Å². The molecule has 3 heteroatoms. The van der Waals surface area contributed by atoms with E-state index < -0.39 is 5.60 Å². The molecule has 0 radical (unpaired) electrons. The van der Waals surface area contributed by atoms with Gasteiger partial charge in [0.05, 0.1) is 11.3 Å². The molecule has 0 atom stereocenters. The summed E-state index contributed by atoms with van der Waals surface area (Å²) in [5, 5.41) is 13.8. The van der Waals surface area contributed by atoms with Gasteiger partial charge in [0.15, 0.2) is 0 Å². The maximum Gasteiger partial charge on any atom is 0.0653 e. The third kappa shape index (κ3) is 2.66. The van der Waals surface area contributed by atoms with Crippen molar-refractivity contribution in [1.82, 2.24) is 9.78 Å². The summed E-state index contributed by atoms with van der Waals surface area (Å²) in [6.07, 6.45) is 2.54. The number of aryl methyl sites for hydroxylation is 1. The summed E-state index contributed by atoms with van der Waals surface area (Å²) >= 11 is 0. The molecular weight excluding hydrogens is 152 g/mol. The van der Waals surface area contributed by atoms with Crippen LogP contribution in [0.4, 0.5) is 0 Å². The Kier molecular flexibility index (Phi) is 2.52. The lowest BCUT2D eigenvalue weighted by Crippen LogP contribution is -2.22. The molecule has 1 N–H and O–H groups in total. The van der Waals surface area contributed by atoms with Gasteiger partial charge in [0, 0.05) is 19.2 Å². The number of aliphatic hydroxyl groups is 1. The van der Waals surface area contributed by atoms with Gasteiger partial charge >= 0.3 is 0 Å². The molecule has 12 heavy (non-hydrogen) atoms. The summed E-state index contributed by atoms with van der Waals surface area (Å²) in [4.78, 5) is 0. The Balaban J connectivity index is 2.64.